The molecule has 2 fully saturated rings. The molecule has 0 spiro atoms. The number of hydrogen-bond donors (Lipinski definition) is 0. The van der Waals surface area contributed by atoms with Crippen LogP contribution in [0.3, 0.4) is 0 Å². The number of imide groups is 1. The highest BCUT2D eigenvalue weighted by Gasteiger charge is 2.37. The van der Waals surface area contributed by atoms with Crippen molar-refractivity contribution in [1.29, 1.82) is 0 Å². The Bertz CT molecular complexity index is 791. The van der Waals surface area contributed by atoms with E-state index in [4.69, 9.17) is 4.74 Å². The van der Waals surface area contributed by atoms with Crippen LogP contribution in [-0.4, -0.2) is 60.9 Å². The van der Waals surface area contributed by atoms with Crippen molar-refractivity contribution in [2.75, 3.05) is 33.4 Å². The SMILES string of the molecule is COCCCN1C(=O)c2ccc(C(=O)N3CC[C@H]4CCCC[C@H]4C3)cc2C1=O. The second kappa shape index (κ2) is 8.03. The summed E-state index contributed by atoms with van der Waals surface area (Å²) in [4.78, 5) is 41.4. The third-order valence-electron chi connectivity index (χ3n) is 6.53. The van der Waals surface area contributed by atoms with Gasteiger partial charge >= 0.3 is 0 Å². The van der Waals surface area contributed by atoms with E-state index in [1.165, 1.54) is 30.6 Å². The molecule has 3 amide bonds. The number of ether oxygens (including phenoxy) is 1. The number of hydrogen-bond acceptors (Lipinski definition) is 4. The highest BCUT2D eigenvalue weighted by Crippen LogP contribution is 2.36. The van der Waals surface area contributed by atoms with Gasteiger partial charge < -0.3 is 9.64 Å². The van der Waals surface area contributed by atoms with E-state index in [1.54, 1.807) is 25.3 Å². The van der Waals surface area contributed by atoms with Crippen LogP contribution in [0.2, 0.25) is 0 Å². The van der Waals surface area contributed by atoms with Crippen molar-refractivity contribution in [1.82, 2.24) is 9.80 Å². The molecule has 150 valence electrons. The van der Waals surface area contributed by atoms with E-state index < -0.39 is 0 Å². The molecule has 0 N–H and O–H groups in total. The first-order valence-electron chi connectivity index (χ1n) is 10.4. The Morgan fingerprint density at radius 3 is 2.61 bits per heavy atom. The van der Waals surface area contributed by atoms with Crippen LogP contribution in [0, 0.1) is 11.8 Å². The van der Waals surface area contributed by atoms with Gasteiger partial charge in [0, 0.05) is 38.9 Å². The molecule has 6 heteroatoms. The summed E-state index contributed by atoms with van der Waals surface area (Å²) in [5, 5.41) is 0. The number of carbonyl (C=O) groups excluding carboxylic acids is 3. The molecular weight excluding hydrogens is 356 g/mol. The predicted octanol–water partition coefficient (Wildman–Crippen LogP) is 2.97. The average molecular weight is 384 g/mol. The smallest absolute Gasteiger partial charge is 0.261 e. The summed E-state index contributed by atoms with van der Waals surface area (Å²) in [5.74, 6) is 0.762. The molecule has 1 aliphatic carbocycles. The van der Waals surface area contributed by atoms with Crippen molar-refractivity contribution in [2.45, 2.75) is 38.5 Å². The molecule has 2 atom stereocenters. The molecule has 1 aromatic rings. The molecule has 1 aromatic carbocycles. The summed E-state index contributed by atoms with van der Waals surface area (Å²) in [7, 11) is 1.59. The van der Waals surface area contributed by atoms with Gasteiger partial charge in [-0.05, 0) is 49.3 Å². The lowest BCUT2D eigenvalue weighted by Gasteiger charge is -2.41. The Morgan fingerprint density at radius 1 is 1.07 bits per heavy atom. The summed E-state index contributed by atoms with van der Waals surface area (Å²) in [6.07, 6.45) is 6.76. The number of nitrogens with zero attached hydrogens (tertiary/aromatic N) is 2. The molecule has 0 bridgehead atoms. The minimum absolute atomic E-state index is 0.0232. The van der Waals surface area contributed by atoms with Gasteiger partial charge in [-0.3, -0.25) is 19.3 Å². The molecule has 2 heterocycles. The predicted molar refractivity (Wildman–Crippen MR) is 104 cm³/mol. The molecule has 0 radical (unpaired) electrons. The van der Waals surface area contributed by atoms with Crippen molar-refractivity contribution >= 4 is 17.7 Å². The number of rotatable bonds is 5. The van der Waals surface area contributed by atoms with Crippen molar-refractivity contribution in [3.63, 3.8) is 0 Å². The zero-order valence-electron chi connectivity index (χ0n) is 16.5. The number of fused-ring (bicyclic) bond motifs is 2. The molecule has 4 rings (SSSR count). The Balaban J connectivity index is 1.48. The zero-order chi connectivity index (χ0) is 19.7. The first-order chi connectivity index (χ1) is 13.6. The van der Waals surface area contributed by atoms with E-state index in [0.29, 0.717) is 42.2 Å². The maximum Gasteiger partial charge on any atom is 0.261 e. The summed E-state index contributed by atoms with van der Waals surface area (Å²) >= 11 is 0. The largest absolute Gasteiger partial charge is 0.385 e. The fourth-order valence-corrected chi connectivity index (χ4v) is 4.96. The van der Waals surface area contributed by atoms with E-state index in [9.17, 15) is 14.4 Å². The lowest BCUT2D eigenvalue weighted by molar-refractivity contribution is 0.0520. The highest BCUT2D eigenvalue weighted by atomic mass is 16.5. The maximum atomic E-state index is 13.1. The summed E-state index contributed by atoms with van der Waals surface area (Å²) in [6, 6.07) is 4.94. The Labute approximate surface area is 165 Å². The van der Waals surface area contributed by atoms with Crippen LogP contribution in [-0.2, 0) is 4.74 Å². The van der Waals surface area contributed by atoms with Gasteiger partial charge in [-0.25, -0.2) is 0 Å². The van der Waals surface area contributed by atoms with E-state index in [1.807, 2.05) is 4.90 Å². The maximum absolute atomic E-state index is 13.1. The van der Waals surface area contributed by atoms with Crippen LogP contribution in [0.1, 0.15) is 69.6 Å². The standard InChI is InChI=1S/C22H28N2O4/c1-28-12-4-10-24-21(26)18-8-7-16(13-19(18)22(24)27)20(25)23-11-9-15-5-2-3-6-17(15)14-23/h7-8,13,15,17H,2-6,9-12,14H2,1H3/t15-,17+/m1/s1. The normalized spacial score (nSPS) is 24.3. The lowest BCUT2D eigenvalue weighted by atomic mass is 9.75. The third-order valence-corrected chi connectivity index (χ3v) is 6.53. The third kappa shape index (κ3) is 3.46. The van der Waals surface area contributed by atoms with Crippen LogP contribution in [0.4, 0.5) is 0 Å². The topological polar surface area (TPSA) is 66.9 Å². The van der Waals surface area contributed by atoms with Crippen molar-refractivity contribution < 1.29 is 19.1 Å². The molecule has 0 unspecified atom stereocenters. The summed E-state index contributed by atoms with van der Waals surface area (Å²) in [5.41, 5.74) is 1.25. The van der Waals surface area contributed by atoms with E-state index in [-0.39, 0.29) is 17.7 Å². The highest BCUT2D eigenvalue weighted by molar-refractivity contribution is 6.22. The monoisotopic (exact) mass is 384 g/mol. The number of piperidine rings is 1. The van der Waals surface area contributed by atoms with E-state index in [2.05, 4.69) is 0 Å². The van der Waals surface area contributed by atoms with Crippen LogP contribution in [0.25, 0.3) is 0 Å². The summed E-state index contributed by atoms with van der Waals surface area (Å²) in [6.45, 7) is 2.43. The molecular formula is C22H28N2O4. The number of methoxy groups -OCH3 is 1. The van der Waals surface area contributed by atoms with Gasteiger partial charge in [-0.15, -0.1) is 0 Å². The number of amides is 3. The summed E-state index contributed by atoms with van der Waals surface area (Å²) < 4.78 is 5.01. The fourth-order valence-electron chi connectivity index (χ4n) is 4.96. The van der Waals surface area contributed by atoms with Crippen molar-refractivity contribution in [3.8, 4) is 0 Å². The molecule has 2 aliphatic heterocycles. The second-order valence-electron chi connectivity index (χ2n) is 8.21. The van der Waals surface area contributed by atoms with Crippen molar-refractivity contribution in [2.24, 2.45) is 11.8 Å². The fraction of sp³-hybridized carbons (Fsp3) is 0.591. The number of likely N-dealkylation sites (tertiary alicyclic amines) is 1. The van der Waals surface area contributed by atoms with Crippen molar-refractivity contribution in [3.05, 3.63) is 34.9 Å². The number of carbonyl (C=O) groups is 3. The Hall–Kier alpha value is -2.21. The quantitative estimate of drug-likeness (QED) is 0.578. The van der Waals surface area contributed by atoms with Gasteiger partial charge in [0.05, 0.1) is 11.1 Å². The minimum Gasteiger partial charge on any atom is -0.385 e. The first-order valence-corrected chi connectivity index (χ1v) is 10.4. The molecule has 1 saturated heterocycles. The lowest BCUT2D eigenvalue weighted by Crippen LogP contribution is -2.44. The van der Waals surface area contributed by atoms with Crippen LogP contribution in [0.15, 0.2) is 18.2 Å². The average Bonchev–Trinajstić information content (AvgIpc) is 2.97. The van der Waals surface area contributed by atoms with E-state index in [0.717, 1.165) is 25.4 Å². The van der Waals surface area contributed by atoms with Crippen LogP contribution >= 0.6 is 0 Å². The van der Waals surface area contributed by atoms with Gasteiger partial charge in [0.1, 0.15) is 0 Å². The van der Waals surface area contributed by atoms with E-state index >= 15 is 0 Å². The molecule has 6 nitrogen and oxygen atoms in total. The Kier molecular flexibility index (Phi) is 5.49. The van der Waals surface area contributed by atoms with Gasteiger partial charge in [0.2, 0.25) is 0 Å². The van der Waals surface area contributed by atoms with Gasteiger partial charge in [-0.1, -0.05) is 19.3 Å². The first kappa shape index (κ1) is 19.1. The minimum atomic E-state index is -0.309. The van der Waals surface area contributed by atoms with Gasteiger partial charge in [-0.2, -0.15) is 0 Å². The van der Waals surface area contributed by atoms with Gasteiger partial charge in [0.25, 0.3) is 17.7 Å². The number of benzene rings is 1. The van der Waals surface area contributed by atoms with Crippen LogP contribution < -0.4 is 0 Å². The molecule has 1 saturated carbocycles. The van der Waals surface area contributed by atoms with Crippen LogP contribution in [0.5, 0.6) is 0 Å². The van der Waals surface area contributed by atoms with Gasteiger partial charge in [0.15, 0.2) is 0 Å². The zero-order valence-corrected chi connectivity index (χ0v) is 16.5. The second-order valence-corrected chi connectivity index (χ2v) is 8.21. The molecule has 28 heavy (non-hydrogen) atoms. The molecule has 3 aliphatic rings. The Morgan fingerprint density at radius 2 is 1.82 bits per heavy atom. The molecule has 0 aromatic heterocycles.